The number of carbonyl (C=O) groups excluding carboxylic acids is 4. The van der Waals surface area contributed by atoms with Gasteiger partial charge in [0.25, 0.3) is 0 Å². The number of ether oxygens (including phenoxy) is 1. The van der Waals surface area contributed by atoms with Crippen LogP contribution >= 0.6 is 0 Å². The lowest BCUT2D eigenvalue weighted by molar-refractivity contribution is -0.148. The summed E-state index contributed by atoms with van der Waals surface area (Å²) in [4.78, 5) is 59.0. The van der Waals surface area contributed by atoms with E-state index in [1.165, 1.54) is 9.80 Å². The van der Waals surface area contributed by atoms with Gasteiger partial charge in [-0.25, -0.2) is 0 Å². The van der Waals surface area contributed by atoms with Crippen molar-refractivity contribution in [2.45, 2.75) is 84.5 Å². The van der Waals surface area contributed by atoms with Crippen molar-refractivity contribution in [3.63, 3.8) is 0 Å². The van der Waals surface area contributed by atoms with E-state index in [0.29, 0.717) is 25.2 Å². The minimum absolute atomic E-state index is 0.0911. The Morgan fingerprint density at radius 1 is 0.711 bits per heavy atom. The first kappa shape index (κ1) is 35.3. The summed E-state index contributed by atoms with van der Waals surface area (Å²) in [6.45, 7) is 10.3. The van der Waals surface area contributed by atoms with Crippen LogP contribution in [0.4, 0.5) is 0 Å². The van der Waals surface area contributed by atoms with Gasteiger partial charge in [-0.3, -0.25) is 19.2 Å². The highest BCUT2D eigenvalue weighted by atomic mass is 16.5. The number of hydrogen-bond acceptors (Lipinski definition) is 5. The average Bonchev–Trinajstić information content (AvgIpc) is 3.01. The number of hydrogen-bond donors (Lipinski definition) is 2. The summed E-state index contributed by atoms with van der Waals surface area (Å²) in [6.07, 6.45) is 5.08. The number of rotatable bonds is 11. The second-order valence-electron chi connectivity index (χ2n) is 12.7. The molecule has 1 aliphatic heterocycles. The van der Waals surface area contributed by atoms with Crippen LogP contribution in [0, 0.1) is 11.8 Å². The van der Waals surface area contributed by atoms with Crippen molar-refractivity contribution >= 4 is 23.6 Å². The summed E-state index contributed by atoms with van der Waals surface area (Å²) in [5.74, 6) is -0.633. The lowest BCUT2D eigenvalue weighted by Gasteiger charge is -2.37. The molecule has 2 aromatic carbocycles. The molecule has 4 amide bonds. The largest absolute Gasteiger partial charge is 0.490 e. The zero-order chi connectivity index (χ0) is 33.1. The summed E-state index contributed by atoms with van der Waals surface area (Å²) in [6, 6.07) is 13.4. The number of benzene rings is 2. The molecule has 2 N–H and O–H groups in total. The van der Waals surface area contributed by atoms with Gasteiger partial charge in [0.1, 0.15) is 36.5 Å². The molecule has 0 radical (unpaired) electrons. The van der Waals surface area contributed by atoms with Gasteiger partial charge in [-0.05, 0) is 54.9 Å². The molecule has 9 nitrogen and oxygen atoms in total. The first-order chi connectivity index (χ1) is 21.4. The van der Waals surface area contributed by atoms with Crippen LogP contribution in [0.2, 0.25) is 0 Å². The molecule has 244 valence electrons. The lowest BCUT2D eigenvalue weighted by atomic mass is 9.96. The van der Waals surface area contributed by atoms with Crippen molar-refractivity contribution in [2.24, 2.45) is 11.8 Å². The predicted molar refractivity (Wildman–Crippen MR) is 176 cm³/mol. The van der Waals surface area contributed by atoms with E-state index in [1.54, 1.807) is 14.1 Å². The van der Waals surface area contributed by atoms with Crippen LogP contribution in [0.3, 0.4) is 0 Å². The zero-order valence-corrected chi connectivity index (χ0v) is 27.8. The smallest absolute Gasteiger partial charge is 0.245 e. The molecule has 4 atom stereocenters. The monoisotopic (exact) mass is 618 g/mol. The highest BCUT2D eigenvalue weighted by Crippen LogP contribution is 2.20. The van der Waals surface area contributed by atoms with Crippen molar-refractivity contribution in [3.05, 3.63) is 77.9 Å². The second kappa shape index (κ2) is 16.8. The van der Waals surface area contributed by atoms with Crippen LogP contribution < -0.4 is 15.4 Å². The third-order valence-corrected chi connectivity index (χ3v) is 8.08. The Bertz CT molecular complexity index is 1300. The van der Waals surface area contributed by atoms with E-state index in [9.17, 15) is 19.2 Å². The third kappa shape index (κ3) is 10.2. The van der Waals surface area contributed by atoms with Gasteiger partial charge in [-0.1, -0.05) is 82.3 Å². The maximum Gasteiger partial charge on any atom is 0.245 e. The van der Waals surface area contributed by atoms with Crippen LogP contribution in [0.15, 0.2) is 66.7 Å². The fraction of sp³-hybridized carbons (Fsp3) is 0.500. The fourth-order valence-electron chi connectivity index (χ4n) is 5.56. The van der Waals surface area contributed by atoms with E-state index < -0.39 is 36.0 Å². The van der Waals surface area contributed by atoms with Crippen molar-refractivity contribution in [2.75, 3.05) is 20.7 Å². The molecule has 0 aromatic heterocycles. The van der Waals surface area contributed by atoms with Gasteiger partial charge in [0.2, 0.25) is 23.6 Å². The van der Waals surface area contributed by atoms with E-state index in [0.717, 1.165) is 11.1 Å². The molecular formula is C36H50N4O5. The SMILES string of the molecule is CC=CCOc1ccc(CC2NC(=O)C(CC(C)C)N(C)C(=O)C(Cc3ccccc3)NC(=O)C(CC(C)C)N(C)C2=O)cc1. The van der Waals surface area contributed by atoms with Gasteiger partial charge in [0.15, 0.2) is 0 Å². The summed E-state index contributed by atoms with van der Waals surface area (Å²) in [7, 11) is 3.20. The molecule has 1 saturated heterocycles. The quantitative estimate of drug-likeness (QED) is 0.368. The van der Waals surface area contributed by atoms with Crippen LogP contribution in [-0.2, 0) is 32.0 Å². The Kier molecular flexibility index (Phi) is 13.2. The second-order valence-corrected chi connectivity index (χ2v) is 12.7. The van der Waals surface area contributed by atoms with E-state index in [1.807, 2.05) is 101 Å². The minimum Gasteiger partial charge on any atom is -0.490 e. The van der Waals surface area contributed by atoms with Gasteiger partial charge in [0, 0.05) is 26.9 Å². The topological polar surface area (TPSA) is 108 Å². The molecule has 1 fully saturated rings. The van der Waals surface area contributed by atoms with Crippen LogP contribution in [0.25, 0.3) is 0 Å². The van der Waals surface area contributed by atoms with Gasteiger partial charge in [-0.2, -0.15) is 0 Å². The summed E-state index contributed by atoms with van der Waals surface area (Å²) in [5.41, 5.74) is 1.70. The molecule has 9 heteroatoms. The van der Waals surface area contributed by atoms with E-state index in [2.05, 4.69) is 10.6 Å². The molecule has 0 bridgehead atoms. The molecule has 3 rings (SSSR count). The number of nitrogens with one attached hydrogen (secondary N) is 2. The van der Waals surface area contributed by atoms with Crippen molar-refractivity contribution < 1.29 is 23.9 Å². The van der Waals surface area contributed by atoms with E-state index >= 15 is 0 Å². The Hall–Kier alpha value is -4.14. The number of allylic oxidation sites excluding steroid dienone is 1. The fourth-order valence-corrected chi connectivity index (χ4v) is 5.56. The molecule has 1 heterocycles. The molecule has 45 heavy (non-hydrogen) atoms. The first-order valence-electron chi connectivity index (χ1n) is 15.9. The van der Waals surface area contributed by atoms with Gasteiger partial charge in [-0.15, -0.1) is 0 Å². The summed E-state index contributed by atoms with van der Waals surface area (Å²) >= 11 is 0. The Morgan fingerprint density at radius 2 is 1.16 bits per heavy atom. The van der Waals surface area contributed by atoms with Crippen molar-refractivity contribution in [1.82, 2.24) is 20.4 Å². The van der Waals surface area contributed by atoms with Crippen LogP contribution in [-0.4, -0.2) is 78.3 Å². The number of nitrogens with zero attached hydrogens (tertiary/aromatic N) is 2. The van der Waals surface area contributed by atoms with Gasteiger partial charge < -0.3 is 25.2 Å². The number of likely N-dealkylation sites (N-methyl/N-ethyl adjacent to an activating group) is 2. The van der Waals surface area contributed by atoms with E-state index in [4.69, 9.17) is 4.74 Å². The highest BCUT2D eigenvalue weighted by Gasteiger charge is 2.39. The predicted octanol–water partition coefficient (Wildman–Crippen LogP) is 4.16. The standard InChI is InChI=1S/C36H50N4O5/c1-8-9-19-45-28-17-15-27(16-18-28)23-30-36(44)40(7)31(20-24(2)3)33(41)37-29(22-26-13-11-10-12-14-26)35(43)39(6)32(21-25(4)5)34(42)38-30/h8-18,24-25,29-32H,19-23H2,1-7H3,(H,37,41)(H,38,42). The number of amides is 4. The third-order valence-electron chi connectivity index (χ3n) is 8.08. The summed E-state index contributed by atoms with van der Waals surface area (Å²) in [5, 5.41) is 5.96. The molecule has 0 saturated carbocycles. The number of carbonyl (C=O) groups is 4. The maximum absolute atomic E-state index is 14.2. The average molecular weight is 619 g/mol. The van der Waals surface area contributed by atoms with E-state index in [-0.39, 0.29) is 36.5 Å². The molecule has 0 spiro atoms. The highest BCUT2D eigenvalue weighted by molar-refractivity contribution is 5.97. The first-order valence-corrected chi connectivity index (χ1v) is 15.9. The van der Waals surface area contributed by atoms with Gasteiger partial charge in [0.05, 0.1) is 0 Å². The van der Waals surface area contributed by atoms with Crippen molar-refractivity contribution in [3.8, 4) is 5.75 Å². The van der Waals surface area contributed by atoms with Gasteiger partial charge >= 0.3 is 0 Å². The molecule has 0 aliphatic carbocycles. The normalized spacial score (nSPS) is 22.0. The molecule has 4 unspecified atom stereocenters. The molecular weight excluding hydrogens is 568 g/mol. The van der Waals surface area contributed by atoms with Crippen LogP contribution in [0.5, 0.6) is 5.75 Å². The minimum atomic E-state index is -0.947. The Labute approximate surface area is 268 Å². The Balaban J connectivity index is 2.01. The Morgan fingerprint density at radius 3 is 1.58 bits per heavy atom. The molecule has 2 aromatic rings. The lowest BCUT2D eigenvalue weighted by Crippen LogP contribution is -2.62. The molecule has 1 aliphatic rings. The van der Waals surface area contributed by atoms with Crippen LogP contribution in [0.1, 0.15) is 58.6 Å². The summed E-state index contributed by atoms with van der Waals surface area (Å²) < 4.78 is 5.71. The zero-order valence-electron chi connectivity index (χ0n) is 27.8. The maximum atomic E-state index is 14.2. The van der Waals surface area contributed by atoms with Crippen molar-refractivity contribution in [1.29, 1.82) is 0 Å².